The fraction of sp³-hybridized carbons (Fsp3) is 0.429. The van der Waals surface area contributed by atoms with Crippen LogP contribution in [0.2, 0.25) is 0 Å². The van der Waals surface area contributed by atoms with Crippen molar-refractivity contribution in [2.45, 2.75) is 26.0 Å². The monoisotopic (exact) mass is 279 g/mol. The van der Waals surface area contributed by atoms with Gasteiger partial charge in [0.05, 0.1) is 0 Å². The van der Waals surface area contributed by atoms with Gasteiger partial charge < -0.3 is 0 Å². The van der Waals surface area contributed by atoms with Crippen molar-refractivity contribution in [1.29, 1.82) is 0 Å². The van der Waals surface area contributed by atoms with E-state index in [2.05, 4.69) is 20.8 Å². The Labute approximate surface area is 118 Å². The van der Waals surface area contributed by atoms with E-state index in [0.29, 0.717) is 10.9 Å². The Morgan fingerprint density at radius 3 is 2.44 bits per heavy atom. The number of nitrogens with zero attached hydrogens (tertiary/aromatic N) is 1. The van der Waals surface area contributed by atoms with Crippen LogP contribution in [0.3, 0.4) is 0 Å². The van der Waals surface area contributed by atoms with Gasteiger partial charge in [0.2, 0.25) is 5.91 Å². The van der Waals surface area contributed by atoms with E-state index in [1.807, 2.05) is 30.3 Å². The number of amides is 1. The Morgan fingerprint density at radius 1 is 1.28 bits per heavy atom. The average molecular weight is 279 g/mol. The van der Waals surface area contributed by atoms with Gasteiger partial charge in [-0.3, -0.25) is 9.69 Å². The number of thioether (sulfide) groups is 1. The largest absolute Gasteiger partial charge is 0.296 e. The van der Waals surface area contributed by atoms with Crippen molar-refractivity contribution < 1.29 is 4.79 Å². The first-order valence-electron chi connectivity index (χ1n) is 5.95. The summed E-state index contributed by atoms with van der Waals surface area (Å²) in [6.45, 7) is 7.03. The lowest BCUT2D eigenvalue weighted by Gasteiger charge is -2.25. The molecule has 1 fully saturated rings. The molecule has 4 heteroatoms. The number of rotatable bonds is 2. The second-order valence-electron chi connectivity index (χ2n) is 5.66. The Balaban J connectivity index is 2.20. The van der Waals surface area contributed by atoms with Crippen molar-refractivity contribution in [3.8, 4) is 0 Å². The van der Waals surface area contributed by atoms with E-state index in [9.17, 15) is 4.79 Å². The van der Waals surface area contributed by atoms with Crippen molar-refractivity contribution in [2.24, 2.45) is 5.41 Å². The highest BCUT2D eigenvalue weighted by Gasteiger charge is 2.39. The van der Waals surface area contributed by atoms with Gasteiger partial charge in [0.25, 0.3) is 0 Å². The van der Waals surface area contributed by atoms with Crippen molar-refractivity contribution >= 4 is 34.2 Å². The molecule has 0 aliphatic carbocycles. The maximum Gasteiger partial charge on any atom is 0.246 e. The number of thiocarbonyl (C=S) groups is 1. The van der Waals surface area contributed by atoms with Crippen LogP contribution in [0, 0.1) is 5.41 Å². The predicted octanol–water partition coefficient (Wildman–Crippen LogP) is 3.63. The Kier molecular flexibility index (Phi) is 3.78. The molecule has 1 saturated heterocycles. The van der Waals surface area contributed by atoms with Crippen LogP contribution >= 0.6 is 24.0 Å². The van der Waals surface area contributed by atoms with E-state index in [0.717, 1.165) is 5.56 Å². The van der Waals surface area contributed by atoms with Crippen molar-refractivity contribution in [3.05, 3.63) is 35.9 Å². The summed E-state index contributed by atoms with van der Waals surface area (Å²) in [6, 6.07) is 9.84. The third-order valence-corrected chi connectivity index (χ3v) is 4.30. The van der Waals surface area contributed by atoms with E-state index in [1.165, 1.54) is 11.8 Å². The summed E-state index contributed by atoms with van der Waals surface area (Å²) in [5.74, 6) is 0.117. The molecule has 1 atom stereocenters. The van der Waals surface area contributed by atoms with Gasteiger partial charge in [-0.2, -0.15) is 0 Å². The molecular weight excluding hydrogens is 262 g/mol. The molecule has 0 bridgehead atoms. The molecule has 1 aromatic carbocycles. The molecule has 96 valence electrons. The smallest absolute Gasteiger partial charge is 0.246 e. The first-order valence-corrected chi connectivity index (χ1v) is 7.24. The second kappa shape index (κ2) is 5.02. The highest BCUT2D eigenvalue weighted by atomic mass is 32.2. The zero-order valence-corrected chi connectivity index (χ0v) is 12.5. The Bertz CT molecular complexity index is 464. The van der Waals surface area contributed by atoms with E-state index in [-0.39, 0.29) is 16.6 Å². The van der Waals surface area contributed by atoms with Gasteiger partial charge in [-0.05, 0) is 11.0 Å². The average Bonchev–Trinajstić information content (AvgIpc) is 2.56. The summed E-state index contributed by atoms with van der Waals surface area (Å²) >= 11 is 6.81. The topological polar surface area (TPSA) is 20.3 Å². The molecule has 1 aromatic rings. The number of hydrogen-bond acceptors (Lipinski definition) is 3. The van der Waals surface area contributed by atoms with Crippen molar-refractivity contribution in [3.63, 3.8) is 0 Å². The zero-order valence-electron chi connectivity index (χ0n) is 10.8. The minimum absolute atomic E-state index is 0.0614. The summed E-state index contributed by atoms with van der Waals surface area (Å²) in [6.07, 6.45) is 0. The lowest BCUT2D eigenvalue weighted by Crippen LogP contribution is -2.36. The van der Waals surface area contributed by atoms with Gasteiger partial charge in [0, 0.05) is 6.54 Å². The zero-order chi connectivity index (χ0) is 13.3. The molecule has 0 saturated carbocycles. The van der Waals surface area contributed by atoms with E-state index >= 15 is 0 Å². The maximum atomic E-state index is 12.4. The predicted molar refractivity (Wildman–Crippen MR) is 80.5 cm³/mol. The van der Waals surface area contributed by atoms with Crippen LogP contribution in [0.1, 0.15) is 31.6 Å². The third kappa shape index (κ3) is 2.93. The van der Waals surface area contributed by atoms with Crippen LogP contribution in [0.15, 0.2) is 30.3 Å². The second-order valence-corrected chi connectivity index (χ2v) is 7.40. The fourth-order valence-electron chi connectivity index (χ4n) is 1.90. The molecule has 18 heavy (non-hydrogen) atoms. The third-order valence-electron chi connectivity index (χ3n) is 2.66. The number of carbonyl (C=O) groups is 1. The van der Waals surface area contributed by atoms with E-state index in [1.54, 1.807) is 4.90 Å². The SMILES string of the molecule is CC(C)(C)CN1C(=O)C(c2ccccc2)SC1=S. The minimum atomic E-state index is -0.166. The van der Waals surface area contributed by atoms with Gasteiger partial charge in [-0.15, -0.1) is 0 Å². The lowest BCUT2D eigenvalue weighted by molar-refractivity contribution is -0.127. The first-order chi connectivity index (χ1) is 8.38. The Morgan fingerprint density at radius 2 is 1.89 bits per heavy atom. The number of benzene rings is 1. The molecule has 0 N–H and O–H groups in total. The number of hydrogen-bond donors (Lipinski definition) is 0. The van der Waals surface area contributed by atoms with Crippen LogP contribution < -0.4 is 0 Å². The first kappa shape index (κ1) is 13.6. The van der Waals surface area contributed by atoms with Crippen LogP contribution in [0.25, 0.3) is 0 Å². The normalized spacial score (nSPS) is 20.6. The molecule has 1 aliphatic rings. The maximum absolute atomic E-state index is 12.4. The van der Waals surface area contributed by atoms with Gasteiger partial charge in [-0.25, -0.2) is 0 Å². The summed E-state index contributed by atoms with van der Waals surface area (Å²) in [7, 11) is 0. The van der Waals surface area contributed by atoms with Gasteiger partial charge in [0.15, 0.2) is 0 Å². The molecule has 0 aromatic heterocycles. The molecule has 2 nitrogen and oxygen atoms in total. The lowest BCUT2D eigenvalue weighted by atomic mass is 9.96. The molecule has 0 radical (unpaired) electrons. The fourth-order valence-corrected chi connectivity index (χ4v) is 3.35. The summed E-state index contributed by atoms with van der Waals surface area (Å²) in [4.78, 5) is 14.2. The molecule has 2 rings (SSSR count). The Hall–Kier alpha value is -0.870. The van der Waals surface area contributed by atoms with Crippen LogP contribution in [-0.2, 0) is 4.79 Å². The minimum Gasteiger partial charge on any atom is -0.296 e. The van der Waals surface area contributed by atoms with Crippen LogP contribution in [0.4, 0.5) is 0 Å². The van der Waals surface area contributed by atoms with Crippen molar-refractivity contribution in [2.75, 3.05) is 6.54 Å². The summed E-state index contributed by atoms with van der Waals surface area (Å²) in [5, 5.41) is -0.166. The standard InChI is InChI=1S/C14H17NOS2/c1-14(2,3)9-15-12(16)11(18-13(15)17)10-7-5-4-6-8-10/h4-8,11H,9H2,1-3H3. The van der Waals surface area contributed by atoms with Gasteiger partial charge in [-0.1, -0.05) is 75.1 Å². The highest BCUT2D eigenvalue weighted by Crippen LogP contribution is 2.40. The molecule has 1 heterocycles. The molecular formula is C14H17NOS2. The summed E-state index contributed by atoms with van der Waals surface area (Å²) < 4.78 is 0.698. The highest BCUT2D eigenvalue weighted by molar-refractivity contribution is 8.24. The molecule has 0 spiro atoms. The quantitative estimate of drug-likeness (QED) is 0.771. The van der Waals surface area contributed by atoms with Gasteiger partial charge >= 0.3 is 0 Å². The van der Waals surface area contributed by atoms with E-state index in [4.69, 9.17) is 12.2 Å². The van der Waals surface area contributed by atoms with Gasteiger partial charge in [0.1, 0.15) is 9.57 Å². The molecule has 1 unspecified atom stereocenters. The molecule has 1 amide bonds. The van der Waals surface area contributed by atoms with Crippen molar-refractivity contribution in [1.82, 2.24) is 4.90 Å². The number of carbonyl (C=O) groups excluding carboxylic acids is 1. The van der Waals surface area contributed by atoms with E-state index < -0.39 is 0 Å². The van der Waals surface area contributed by atoms with Crippen LogP contribution in [-0.4, -0.2) is 21.7 Å². The molecule has 1 aliphatic heterocycles. The summed E-state index contributed by atoms with van der Waals surface area (Å²) in [5.41, 5.74) is 1.09. The van der Waals surface area contributed by atoms with Crippen LogP contribution in [0.5, 0.6) is 0 Å².